The summed E-state index contributed by atoms with van der Waals surface area (Å²) in [4.78, 5) is 33.2. The maximum atomic E-state index is 11.7. The van der Waals surface area contributed by atoms with Gasteiger partial charge in [-0.15, -0.1) is 0 Å². The van der Waals surface area contributed by atoms with Gasteiger partial charge in [0.2, 0.25) is 0 Å². The van der Waals surface area contributed by atoms with Crippen LogP contribution in [0.2, 0.25) is 0 Å². The topological polar surface area (TPSA) is 106 Å². The molecule has 39 heavy (non-hydrogen) atoms. The molecule has 1 aliphatic carbocycles. The van der Waals surface area contributed by atoms with Gasteiger partial charge in [-0.1, -0.05) is 25.3 Å². The lowest BCUT2D eigenvalue weighted by molar-refractivity contribution is -0.118. The molecular weight excluding hydrogens is 492 g/mol. The van der Waals surface area contributed by atoms with E-state index in [9.17, 15) is 14.7 Å². The molecule has 3 aromatic carbocycles. The normalized spacial score (nSPS) is 15.6. The second-order valence-electron chi connectivity index (χ2n) is 10.3. The number of carbonyl (C=O) groups excluding carboxylic acids is 1. The Morgan fingerprint density at radius 3 is 2.59 bits per heavy atom. The van der Waals surface area contributed by atoms with Gasteiger partial charge in [-0.05, 0) is 73.5 Å². The molecule has 2 N–H and O–H groups in total. The lowest BCUT2D eigenvalue weighted by Crippen LogP contribution is -2.25. The highest BCUT2D eigenvalue weighted by Crippen LogP contribution is 2.37. The number of benzene rings is 3. The van der Waals surface area contributed by atoms with Gasteiger partial charge in [0.1, 0.15) is 11.6 Å². The molecule has 8 nitrogen and oxygen atoms in total. The van der Waals surface area contributed by atoms with Gasteiger partial charge >= 0.3 is 5.97 Å². The number of rotatable bonds is 4. The van der Waals surface area contributed by atoms with Gasteiger partial charge in [-0.3, -0.25) is 4.79 Å². The fraction of sp³-hybridized carbons (Fsp3) is 0.226. The number of ether oxygens (including phenoxy) is 1. The molecular formula is C31H26N4O4. The predicted molar refractivity (Wildman–Crippen MR) is 149 cm³/mol. The summed E-state index contributed by atoms with van der Waals surface area (Å²) in [5, 5.41) is 13.4. The summed E-state index contributed by atoms with van der Waals surface area (Å²) in [5.74, 6) is 0.389. The number of pyridine rings is 1. The number of carboxylic acid groups (broad SMARTS) is 1. The number of carboxylic acids is 1. The van der Waals surface area contributed by atoms with Crippen LogP contribution in [0.5, 0.6) is 5.75 Å². The van der Waals surface area contributed by atoms with E-state index in [1.807, 2.05) is 48.5 Å². The number of amides is 1. The third-order valence-corrected chi connectivity index (χ3v) is 7.73. The molecule has 0 bridgehead atoms. The largest absolute Gasteiger partial charge is 0.482 e. The summed E-state index contributed by atoms with van der Waals surface area (Å²) in [6, 6.07) is 21.4. The number of fused-ring (bicyclic) bond motifs is 3. The van der Waals surface area contributed by atoms with Crippen molar-refractivity contribution < 1.29 is 19.4 Å². The maximum Gasteiger partial charge on any atom is 0.335 e. The van der Waals surface area contributed by atoms with Crippen molar-refractivity contribution in [2.24, 2.45) is 0 Å². The Kier molecular flexibility index (Phi) is 5.54. The number of aromatic carboxylic acids is 1. The van der Waals surface area contributed by atoms with Gasteiger partial charge < -0.3 is 19.7 Å². The van der Waals surface area contributed by atoms with Gasteiger partial charge in [0.05, 0.1) is 33.5 Å². The summed E-state index contributed by atoms with van der Waals surface area (Å²) in [6.45, 7) is 0.0260. The minimum atomic E-state index is -0.952. The number of hydrogen-bond acceptors (Lipinski definition) is 5. The number of imidazole rings is 1. The smallest absolute Gasteiger partial charge is 0.335 e. The number of hydrogen-bond donors (Lipinski definition) is 2. The van der Waals surface area contributed by atoms with Crippen LogP contribution in [-0.2, 0) is 4.79 Å². The zero-order chi connectivity index (χ0) is 26.5. The van der Waals surface area contributed by atoms with Crippen molar-refractivity contribution in [2.45, 2.75) is 38.1 Å². The van der Waals surface area contributed by atoms with Crippen LogP contribution in [0.4, 0.5) is 5.69 Å². The fourth-order valence-corrected chi connectivity index (χ4v) is 5.81. The van der Waals surface area contributed by atoms with Crippen molar-refractivity contribution in [1.82, 2.24) is 14.5 Å². The lowest BCUT2D eigenvalue weighted by Gasteiger charge is -2.25. The second kappa shape index (κ2) is 9.23. The molecule has 8 heteroatoms. The van der Waals surface area contributed by atoms with Gasteiger partial charge in [0, 0.05) is 22.6 Å². The highest BCUT2D eigenvalue weighted by atomic mass is 16.5. The summed E-state index contributed by atoms with van der Waals surface area (Å²) in [5.41, 5.74) is 6.07. The van der Waals surface area contributed by atoms with E-state index in [2.05, 4.69) is 16.0 Å². The summed E-state index contributed by atoms with van der Waals surface area (Å²) >= 11 is 0. The zero-order valence-electron chi connectivity index (χ0n) is 21.2. The van der Waals surface area contributed by atoms with Crippen LogP contribution >= 0.6 is 0 Å². The van der Waals surface area contributed by atoms with E-state index in [-0.39, 0.29) is 18.1 Å². The van der Waals surface area contributed by atoms with Crippen LogP contribution in [0.3, 0.4) is 0 Å². The molecule has 194 valence electrons. The van der Waals surface area contributed by atoms with E-state index < -0.39 is 5.97 Å². The standard InChI is InChI=1S/C31H26N4O4/c36-29-17-39-28-13-9-19(15-26(28)33-29)24-10-6-18-14-20(7-11-23(18)32-24)30-34-25-16-21(31(37)38)8-12-27(25)35(30)22-4-2-1-3-5-22/h6-16,22H,1-5,17H2,(H,33,36)(H,37,38). The molecule has 0 unspecified atom stereocenters. The van der Waals surface area contributed by atoms with Gasteiger partial charge in [0.15, 0.2) is 6.61 Å². The average Bonchev–Trinajstić information content (AvgIpc) is 3.35. The number of nitrogens with zero attached hydrogens (tertiary/aromatic N) is 3. The van der Waals surface area contributed by atoms with E-state index in [1.165, 1.54) is 19.3 Å². The third-order valence-electron chi connectivity index (χ3n) is 7.73. The van der Waals surface area contributed by atoms with E-state index in [0.717, 1.165) is 51.9 Å². The van der Waals surface area contributed by atoms with E-state index in [1.54, 1.807) is 12.1 Å². The molecule has 1 saturated carbocycles. The third kappa shape index (κ3) is 4.18. The van der Waals surface area contributed by atoms with E-state index in [0.29, 0.717) is 23.0 Å². The second-order valence-corrected chi connectivity index (χ2v) is 10.3. The molecule has 1 fully saturated rings. The first-order valence-corrected chi connectivity index (χ1v) is 13.3. The van der Waals surface area contributed by atoms with Crippen LogP contribution in [-0.4, -0.2) is 38.1 Å². The van der Waals surface area contributed by atoms with Gasteiger partial charge in [-0.2, -0.15) is 0 Å². The molecule has 2 aliphatic rings. The first kappa shape index (κ1) is 23.4. The van der Waals surface area contributed by atoms with Crippen LogP contribution in [0.15, 0.2) is 66.7 Å². The van der Waals surface area contributed by atoms with Gasteiger partial charge in [0.25, 0.3) is 5.91 Å². The minimum Gasteiger partial charge on any atom is -0.482 e. The van der Waals surface area contributed by atoms with Crippen molar-refractivity contribution in [1.29, 1.82) is 0 Å². The van der Waals surface area contributed by atoms with Crippen molar-refractivity contribution in [2.75, 3.05) is 11.9 Å². The van der Waals surface area contributed by atoms with Crippen molar-refractivity contribution >= 4 is 39.5 Å². The summed E-state index contributed by atoms with van der Waals surface area (Å²) in [6.07, 6.45) is 5.78. The van der Waals surface area contributed by atoms with Crippen LogP contribution < -0.4 is 10.1 Å². The Balaban J connectivity index is 1.30. The van der Waals surface area contributed by atoms with Crippen molar-refractivity contribution in [3.05, 3.63) is 72.3 Å². The zero-order valence-corrected chi connectivity index (χ0v) is 21.2. The first-order valence-electron chi connectivity index (χ1n) is 13.3. The van der Waals surface area contributed by atoms with E-state index >= 15 is 0 Å². The Labute approximate surface area is 224 Å². The van der Waals surface area contributed by atoms with Crippen LogP contribution in [0, 0.1) is 0 Å². The average molecular weight is 519 g/mol. The first-order chi connectivity index (χ1) is 19.0. The molecule has 5 aromatic rings. The monoisotopic (exact) mass is 518 g/mol. The Bertz CT molecular complexity index is 1790. The SMILES string of the molecule is O=C1COc2ccc(-c3ccc4cc(-c5nc6cc(C(=O)O)ccc6n5C5CCCCC5)ccc4n3)cc2N1. The van der Waals surface area contributed by atoms with E-state index in [4.69, 9.17) is 14.7 Å². The van der Waals surface area contributed by atoms with Gasteiger partial charge in [-0.25, -0.2) is 14.8 Å². The number of carbonyl (C=O) groups is 2. The molecule has 3 heterocycles. The number of aromatic nitrogens is 3. The minimum absolute atomic E-state index is 0.0260. The Morgan fingerprint density at radius 1 is 0.897 bits per heavy atom. The molecule has 1 aliphatic heterocycles. The van der Waals surface area contributed by atoms with Crippen LogP contribution in [0.1, 0.15) is 48.5 Å². The summed E-state index contributed by atoms with van der Waals surface area (Å²) < 4.78 is 7.79. The predicted octanol–water partition coefficient (Wildman–Crippen LogP) is 6.45. The molecule has 0 atom stereocenters. The number of anilines is 1. The molecule has 2 aromatic heterocycles. The Morgan fingerprint density at radius 2 is 1.74 bits per heavy atom. The summed E-state index contributed by atoms with van der Waals surface area (Å²) in [7, 11) is 0. The molecule has 7 rings (SSSR count). The molecule has 0 radical (unpaired) electrons. The molecule has 0 saturated heterocycles. The van der Waals surface area contributed by atoms with Crippen LogP contribution in [0.25, 0.3) is 44.6 Å². The van der Waals surface area contributed by atoms with Crippen molar-refractivity contribution in [3.8, 4) is 28.4 Å². The Hall–Kier alpha value is -4.72. The van der Waals surface area contributed by atoms with Crippen molar-refractivity contribution in [3.63, 3.8) is 0 Å². The number of nitrogens with one attached hydrogen (secondary N) is 1. The fourth-order valence-electron chi connectivity index (χ4n) is 5.81. The lowest BCUT2D eigenvalue weighted by atomic mass is 9.94. The highest BCUT2D eigenvalue weighted by molar-refractivity contribution is 5.97. The molecule has 1 amide bonds. The highest BCUT2D eigenvalue weighted by Gasteiger charge is 2.23. The molecule has 0 spiro atoms. The quantitative estimate of drug-likeness (QED) is 0.283. The maximum absolute atomic E-state index is 11.7.